The Balaban J connectivity index is 1.60. The fraction of sp³-hybridized carbons (Fsp3) is 0.278. The molecule has 1 amide bonds. The van der Waals surface area contributed by atoms with Crippen molar-refractivity contribution in [2.45, 2.75) is 6.54 Å². The summed E-state index contributed by atoms with van der Waals surface area (Å²) in [5.41, 5.74) is 2.56. The lowest BCUT2D eigenvalue weighted by atomic mass is 10.1. The predicted molar refractivity (Wildman–Crippen MR) is 97.1 cm³/mol. The zero-order chi connectivity index (χ0) is 16.9. The Labute approximate surface area is 151 Å². The minimum absolute atomic E-state index is 0.130. The van der Waals surface area contributed by atoms with Crippen LogP contribution in [0.5, 0.6) is 0 Å². The van der Waals surface area contributed by atoms with Crippen molar-refractivity contribution >= 4 is 34.8 Å². The van der Waals surface area contributed by atoms with E-state index in [1.54, 1.807) is 12.1 Å². The molecule has 0 saturated carbocycles. The largest absolute Gasteiger partial charge is 0.378 e. The molecule has 2 aromatic carbocycles. The molecule has 2 aromatic rings. The third-order valence-corrected chi connectivity index (χ3v) is 4.55. The van der Waals surface area contributed by atoms with Gasteiger partial charge in [0.1, 0.15) is 0 Å². The molecule has 1 N–H and O–H groups in total. The number of rotatable bonds is 4. The maximum Gasteiger partial charge on any atom is 0.251 e. The Bertz CT molecular complexity index is 713. The molecule has 1 heterocycles. The van der Waals surface area contributed by atoms with Gasteiger partial charge in [0.05, 0.1) is 13.2 Å². The average Bonchev–Trinajstić information content (AvgIpc) is 2.62. The predicted octanol–water partition coefficient (Wildman–Crippen LogP) is 3.76. The van der Waals surface area contributed by atoms with Crippen molar-refractivity contribution in [3.05, 3.63) is 63.6 Å². The Morgan fingerprint density at radius 2 is 1.79 bits per heavy atom. The van der Waals surface area contributed by atoms with Gasteiger partial charge in [-0.1, -0.05) is 29.3 Å². The Hall–Kier alpha value is -1.75. The van der Waals surface area contributed by atoms with E-state index in [0.29, 0.717) is 22.2 Å². The molecule has 0 radical (unpaired) electrons. The standard InChI is InChI=1S/C18H18Cl2N2O2/c19-15-4-1-14(17(20)11-15)12-21-18(23)13-2-5-16(6-3-13)22-7-9-24-10-8-22/h1-6,11H,7-10,12H2,(H,21,23). The van der Waals surface area contributed by atoms with E-state index in [1.165, 1.54) is 0 Å². The summed E-state index contributed by atoms with van der Waals surface area (Å²) in [6, 6.07) is 12.8. The van der Waals surface area contributed by atoms with Gasteiger partial charge in [-0.25, -0.2) is 0 Å². The van der Waals surface area contributed by atoms with Gasteiger partial charge in [0.15, 0.2) is 0 Å². The number of hydrogen-bond acceptors (Lipinski definition) is 3. The summed E-state index contributed by atoms with van der Waals surface area (Å²) >= 11 is 12.0. The van der Waals surface area contributed by atoms with Crippen LogP contribution in [-0.4, -0.2) is 32.2 Å². The lowest BCUT2D eigenvalue weighted by Gasteiger charge is -2.28. The Morgan fingerprint density at radius 1 is 1.08 bits per heavy atom. The summed E-state index contributed by atoms with van der Waals surface area (Å²) in [7, 11) is 0. The summed E-state index contributed by atoms with van der Waals surface area (Å²) in [5, 5.41) is 4.00. The van der Waals surface area contributed by atoms with Crippen LogP contribution in [0.4, 0.5) is 5.69 Å². The molecule has 1 fully saturated rings. The second-order valence-electron chi connectivity index (χ2n) is 5.56. The van der Waals surface area contributed by atoms with Crippen LogP contribution in [0, 0.1) is 0 Å². The van der Waals surface area contributed by atoms with Crippen LogP contribution in [0.15, 0.2) is 42.5 Å². The number of nitrogens with one attached hydrogen (secondary N) is 1. The van der Waals surface area contributed by atoms with Crippen molar-refractivity contribution in [2.75, 3.05) is 31.2 Å². The van der Waals surface area contributed by atoms with Crippen molar-refractivity contribution in [3.8, 4) is 0 Å². The molecule has 1 aliphatic rings. The van der Waals surface area contributed by atoms with Crippen molar-refractivity contribution in [2.24, 2.45) is 0 Å². The summed E-state index contributed by atoms with van der Waals surface area (Å²) < 4.78 is 5.35. The molecule has 0 unspecified atom stereocenters. The molecular weight excluding hydrogens is 347 g/mol. The van der Waals surface area contributed by atoms with E-state index in [-0.39, 0.29) is 5.91 Å². The van der Waals surface area contributed by atoms with E-state index in [2.05, 4.69) is 10.2 Å². The van der Waals surface area contributed by atoms with Gasteiger partial charge in [-0.2, -0.15) is 0 Å². The fourth-order valence-electron chi connectivity index (χ4n) is 2.59. The molecule has 6 heteroatoms. The second-order valence-corrected chi connectivity index (χ2v) is 6.41. The number of nitrogens with zero attached hydrogens (tertiary/aromatic N) is 1. The Kier molecular flexibility index (Phi) is 5.61. The lowest BCUT2D eigenvalue weighted by molar-refractivity contribution is 0.0951. The van der Waals surface area contributed by atoms with Gasteiger partial charge in [-0.3, -0.25) is 4.79 Å². The van der Waals surface area contributed by atoms with E-state index in [1.807, 2.05) is 30.3 Å². The molecular formula is C18H18Cl2N2O2. The number of hydrogen-bond donors (Lipinski definition) is 1. The molecule has 0 aliphatic carbocycles. The summed E-state index contributed by atoms with van der Waals surface area (Å²) in [6.07, 6.45) is 0. The summed E-state index contributed by atoms with van der Waals surface area (Å²) in [4.78, 5) is 14.5. The average molecular weight is 365 g/mol. The van der Waals surface area contributed by atoms with Crippen molar-refractivity contribution in [3.63, 3.8) is 0 Å². The highest BCUT2D eigenvalue weighted by Gasteiger charge is 2.12. The molecule has 24 heavy (non-hydrogen) atoms. The van der Waals surface area contributed by atoms with Crippen molar-refractivity contribution in [1.29, 1.82) is 0 Å². The van der Waals surface area contributed by atoms with Crippen LogP contribution in [-0.2, 0) is 11.3 Å². The monoisotopic (exact) mass is 364 g/mol. The van der Waals surface area contributed by atoms with E-state index in [4.69, 9.17) is 27.9 Å². The number of benzene rings is 2. The highest BCUT2D eigenvalue weighted by Crippen LogP contribution is 2.21. The fourth-order valence-corrected chi connectivity index (χ4v) is 3.06. The van der Waals surface area contributed by atoms with E-state index in [9.17, 15) is 4.79 Å². The van der Waals surface area contributed by atoms with Gasteiger partial charge in [-0.15, -0.1) is 0 Å². The highest BCUT2D eigenvalue weighted by atomic mass is 35.5. The quantitative estimate of drug-likeness (QED) is 0.897. The third kappa shape index (κ3) is 4.20. The SMILES string of the molecule is O=C(NCc1ccc(Cl)cc1Cl)c1ccc(N2CCOCC2)cc1. The summed E-state index contributed by atoms with van der Waals surface area (Å²) in [5.74, 6) is -0.130. The van der Waals surface area contributed by atoms with Gasteiger partial charge >= 0.3 is 0 Å². The Morgan fingerprint density at radius 3 is 2.46 bits per heavy atom. The molecule has 126 valence electrons. The smallest absolute Gasteiger partial charge is 0.251 e. The topological polar surface area (TPSA) is 41.6 Å². The van der Waals surface area contributed by atoms with Crippen molar-refractivity contribution < 1.29 is 9.53 Å². The van der Waals surface area contributed by atoms with Gasteiger partial charge in [0.25, 0.3) is 5.91 Å². The summed E-state index contributed by atoms with van der Waals surface area (Å²) in [6.45, 7) is 3.59. The number of carbonyl (C=O) groups is 1. The number of morpholine rings is 1. The molecule has 3 rings (SSSR count). The maximum absolute atomic E-state index is 12.3. The van der Waals surface area contributed by atoms with Crippen molar-refractivity contribution in [1.82, 2.24) is 5.32 Å². The maximum atomic E-state index is 12.3. The zero-order valence-corrected chi connectivity index (χ0v) is 14.6. The first-order chi connectivity index (χ1) is 11.6. The van der Waals surface area contributed by atoms with E-state index in [0.717, 1.165) is 37.6 Å². The van der Waals surface area contributed by atoms with E-state index >= 15 is 0 Å². The van der Waals surface area contributed by atoms with Crippen LogP contribution in [0.3, 0.4) is 0 Å². The number of carbonyl (C=O) groups excluding carboxylic acids is 1. The highest BCUT2D eigenvalue weighted by molar-refractivity contribution is 6.35. The minimum Gasteiger partial charge on any atom is -0.378 e. The second kappa shape index (κ2) is 7.88. The van der Waals surface area contributed by atoms with Crippen LogP contribution in [0.25, 0.3) is 0 Å². The normalized spacial score (nSPS) is 14.5. The van der Waals surface area contributed by atoms with E-state index < -0.39 is 0 Å². The number of halogens is 2. The minimum atomic E-state index is -0.130. The lowest BCUT2D eigenvalue weighted by Crippen LogP contribution is -2.36. The number of anilines is 1. The first-order valence-corrected chi connectivity index (χ1v) is 8.54. The molecule has 0 spiro atoms. The third-order valence-electron chi connectivity index (χ3n) is 3.96. The number of ether oxygens (including phenoxy) is 1. The first kappa shape index (κ1) is 17.1. The van der Waals surface area contributed by atoms with Crippen LogP contribution >= 0.6 is 23.2 Å². The van der Waals surface area contributed by atoms with Gasteiger partial charge in [-0.05, 0) is 42.0 Å². The van der Waals surface area contributed by atoms with Gasteiger partial charge in [0.2, 0.25) is 0 Å². The molecule has 0 aromatic heterocycles. The molecule has 1 saturated heterocycles. The van der Waals surface area contributed by atoms with Crippen LogP contribution < -0.4 is 10.2 Å². The van der Waals surface area contributed by atoms with Crippen LogP contribution in [0.1, 0.15) is 15.9 Å². The molecule has 0 atom stereocenters. The number of amides is 1. The van der Waals surface area contributed by atoms with Gasteiger partial charge in [0, 0.05) is 40.9 Å². The zero-order valence-electron chi connectivity index (χ0n) is 13.1. The molecule has 0 bridgehead atoms. The van der Waals surface area contributed by atoms with Crippen LogP contribution in [0.2, 0.25) is 10.0 Å². The first-order valence-electron chi connectivity index (χ1n) is 7.78. The molecule has 4 nitrogen and oxygen atoms in total. The van der Waals surface area contributed by atoms with Gasteiger partial charge < -0.3 is 15.0 Å². The molecule has 1 aliphatic heterocycles.